The number of aromatic nitrogens is 2. The van der Waals surface area contributed by atoms with Crippen LogP contribution in [0.15, 0.2) is 41.1 Å². The zero-order valence-electron chi connectivity index (χ0n) is 11.2. The van der Waals surface area contributed by atoms with Crippen molar-refractivity contribution in [2.24, 2.45) is 0 Å². The minimum atomic E-state index is 0.608. The second-order valence-electron chi connectivity index (χ2n) is 4.78. The van der Waals surface area contributed by atoms with Gasteiger partial charge in [0.2, 0.25) is 0 Å². The fourth-order valence-corrected chi connectivity index (χ4v) is 3.00. The molecule has 0 saturated carbocycles. The van der Waals surface area contributed by atoms with Gasteiger partial charge in [-0.25, -0.2) is 4.98 Å². The molecule has 0 amide bonds. The molecular formula is C15H12BrCl2N3. The molecule has 3 aromatic rings. The van der Waals surface area contributed by atoms with Crippen molar-refractivity contribution in [1.82, 2.24) is 9.38 Å². The van der Waals surface area contributed by atoms with Crippen LogP contribution in [0.1, 0.15) is 11.3 Å². The maximum Gasteiger partial charge on any atom is 0.137 e. The summed E-state index contributed by atoms with van der Waals surface area (Å²) in [5.74, 6) is 0. The number of aryl methyl sites for hydroxylation is 1. The van der Waals surface area contributed by atoms with Crippen molar-refractivity contribution in [3.05, 3.63) is 62.4 Å². The van der Waals surface area contributed by atoms with Gasteiger partial charge in [0.25, 0.3) is 0 Å². The summed E-state index contributed by atoms with van der Waals surface area (Å²) in [5.41, 5.74) is 3.79. The summed E-state index contributed by atoms with van der Waals surface area (Å²) in [6, 6.07) is 7.63. The number of halogens is 3. The zero-order valence-corrected chi connectivity index (χ0v) is 14.3. The normalized spacial score (nSPS) is 11.0. The van der Waals surface area contributed by atoms with E-state index >= 15 is 0 Å². The summed E-state index contributed by atoms with van der Waals surface area (Å²) >= 11 is 15.7. The van der Waals surface area contributed by atoms with E-state index in [1.54, 1.807) is 0 Å². The molecule has 0 aliphatic heterocycles. The summed E-state index contributed by atoms with van der Waals surface area (Å²) < 4.78 is 2.90. The molecule has 0 aliphatic rings. The van der Waals surface area contributed by atoms with Gasteiger partial charge in [-0.05, 0) is 52.7 Å². The molecule has 0 aliphatic carbocycles. The molecule has 3 rings (SSSR count). The average Bonchev–Trinajstić information content (AvgIpc) is 2.83. The van der Waals surface area contributed by atoms with Gasteiger partial charge >= 0.3 is 0 Å². The highest BCUT2D eigenvalue weighted by atomic mass is 79.9. The SMILES string of the molecule is Cc1cc(Br)c(NCc2cn3cc(Cl)ccc3n2)cc1Cl. The highest BCUT2D eigenvalue weighted by Crippen LogP contribution is 2.29. The molecule has 2 aromatic heterocycles. The third-order valence-corrected chi connectivity index (χ3v) is 4.46. The lowest BCUT2D eigenvalue weighted by atomic mass is 10.2. The predicted octanol–water partition coefficient (Wildman–Crippen LogP) is 5.32. The van der Waals surface area contributed by atoms with E-state index in [1.165, 1.54) is 0 Å². The van der Waals surface area contributed by atoms with Crippen molar-refractivity contribution in [3.63, 3.8) is 0 Å². The number of hydrogen-bond acceptors (Lipinski definition) is 2. The molecule has 0 bridgehead atoms. The van der Waals surface area contributed by atoms with Crippen LogP contribution >= 0.6 is 39.1 Å². The smallest absolute Gasteiger partial charge is 0.137 e. The van der Waals surface area contributed by atoms with Crippen molar-refractivity contribution >= 4 is 50.5 Å². The molecule has 0 fully saturated rings. The summed E-state index contributed by atoms with van der Waals surface area (Å²) in [6.07, 6.45) is 3.80. The van der Waals surface area contributed by atoms with Gasteiger partial charge in [-0.2, -0.15) is 0 Å². The number of nitrogens with zero attached hydrogens (tertiary/aromatic N) is 2. The van der Waals surface area contributed by atoms with Crippen LogP contribution in [0.2, 0.25) is 10.0 Å². The number of rotatable bonds is 3. The lowest BCUT2D eigenvalue weighted by Crippen LogP contribution is -2.00. The maximum atomic E-state index is 6.15. The van der Waals surface area contributed by atoms with E-state index in [0.717, 1.165) is 32.1 Å². The molecule has 1 N–H and O–H groups in total. The van der Waals surface area contributed by atoms with E-state index in [2.05, 4.69) is 26.2 Å². The summed E-state index contributed by atoms with van der Waals surface area (Å²) in [4.78, 5) is 4.53. The van der Waals surface area contributed by atoms with Crippen LogP contribution < -0.4 is 5.32 Å². The van der Waals surface area contributed by atoms with Crippen LogP contribution in [-0.4, -0.2) is 9.38 Å². The molecule has 21 heavy (non-hydrogen) atoms. The van der Waals surface area contributed by atoms with Gasteiger partial charge in [-0.3, -0.25) is 0 Å². The van der Waals surface area contributed by atoms with Crippen LogP contribution in [-0.2, 0) is 6.54 Å². The van der Waals surface area contributed by atoms with E-state index in [1.807, 2.05) is 48.0 Å². The molecule has 0 spiro atoms. The molecule has 108 valence electrons. The maximum absolute atomic E-state index is 6.15. The molecule has 0 saturated heterocycles. The van der Waals surface area contributed by atoms with Crippen LogP contribution in [0.25, 0.3) is 5.65 Å². The van der Waals surface area contributed by atoms with Crippen LogP contribution in [0.5, 0.6) is 0 Å². The Morgan fingerprint density at radius 2 is 2.05 bits per heavy atom. The first kappa shape index (κ1) is 14.7. The van der Waals surface area contributed by atoms with Gasteiger partial charge in [-0.15, -0.1) is 0 Å². The molecule has 0 atom stereocenters. The number of fused-ring (bicyclic) bond motifs is 1. The zero-order chi connectivity index (χ0) is 15.0. The molecule has 6 heteroatoms. The first-order valence-corrected chi connectivity index (χ1v) is 7.90. The largest absolute Gasteiger partial charge is 0.378 e. The Hall–Kier alpha value is -1.23. The van der Waals surface area contributed by atoms with E-state index < -0.39 is 0 Å². The van der Waals surface area contributed by atoms with Gasteiger partial charge < -0.3 is 9.72 Å². The van der Waals surface area contributed by atoms with E-state index in [4.69, 9.17) is 23.2 Å². The topological polar surface area (TPSA) is 29.3 Å². The summed E-state index contributed by atoms with van der Waals surface area (Å²) in [7, 11) is 0. The Bertz CT molecular complexity index is 814. The van der Waals surface area contributed by atoms with Crippen LogP contribution in [0.4, 0.5) is 5.69 Å². The number of hydrogen-bond donors (Lipinski definition) is 1. The van der Waals surface area contributed by atoms with Gasteiger partial charge in [0.05, 0.1) is 22.9 Å². The monoisotopic (exact) mass is 383 g/mol. The van der Waals surface area contributed by atoms with Gasteiger partial charge in [0, 0.05) is 21.9 Å². The fourth-order valence-electron chi connectivity index (χ4n) is 2.07. The highest BCUT2D eigenvalue weighted by Gasteiger charge is 2.06. The van der Waals surface area contributed by atoms with Gasteiger partial charge in [0.15, 0.2) is 0 Å². The first-order chi connectivity index (χ1) is 10.0. The second kappa shape index (κ2) is 5.87. The lowest BCUT2D eigenvalue weighted by Gasteiger charge is -2.09. The number of imidazole rings is 1. The highest BCUT2D eigenvalue weighted by molar-refractivity contribution is 9.10. The minimum absolute atomic E-state index is 0.608. The third-order valence-electron chi connectivity index (χ3n) is 3.17. The van der Waals surface area contributed by atoms with Crippen molar-refractivity contribution in [3.8, 4) is 0 Å². The number of anilines is 1. The Morgan fingerprint density at radius 1 is 1.24 bits per heavy atom. The van der Waals surface area contributed by atoms with Crippen molar-refractivity contribution in [1.29, 1.82) is 0 Å². The number of nitrogens with one attached hydrogen (secondary N) is 1. The molecule has 0 radical (unpaired) electrons. The molecule has 3 nitrogen and oxygen atoms in total. The van der Waals surface area contributed by atoms with Crippen LogP contribution in [0, 0.1) is 6.92 Å². The summed E-state index contributed by atoms with van der Waals surface area (Å²) in [5, 5.41) is 4.76. The molecule has 1 aromatic carbocycles. The molecule has 0 unspecified atom stereocenters. The standard InChI is InChI=1S/C15H12BrCl2N3/c1-9-4-12(16)14(5-13(9)18)19-6-11-8-21-7-10(17)2-3-15(21)20-11/h2-5,7-8,19H,6H2,1H3. The Labute approximate surface area is 141 Å². The van der Waals surface area contributed by atoms with Gasteiger partial charge in [0.1, 0.15) is 5.65 Å². The lowest BCUT2D eigenvalue weighted by molar-refractivity contribution is 1.08. The van der Waals surface area contributed by atoms with Crippen molar-refractivity contribution in [2.75, 3.05) is 5.32 Å². The number of benzene rings is 1. The Kier molecular flexibility index (Phi) is 4.11. The molecule has 2 heterocycles. The summed E-state index contributed by atoms with van der Waals surface area (Å²) in [6.45, 7) is 2.58. The average molecular weight is 385 g/mol. The van der Waals surface area contributed by atoms with E-state index in [-0.39, 0.29) is 0 Å². The second-order valence-corrected chi connectivity index (χ2v) is 6.48. The third kappa shape index (κ3) is 3.18. The quantitative estimate of drug-likeness (QED) is 0.661. The van der Waals surface area contributed by atoms with E-state index in [9.17, 15) is 0 Å². The molecular weight excluding hydrogens is 373 g/mol. The first-order valence-electron chi connectivity index (χ1n) is 6.35. The van der Waals surface area contributed by atoms with Gasteiger partial charge in [-0.1, -0.05) is 23.2 Å². The Balaban J connectivity index is 1.81. The van der Waals surface area contributed by atoms with Crippen LogP contribution in [0.3, 0.4) is 0 Å². The van der Waals surface area contributed by atoms with Crippen molar-refractivity contribution < 1.29 is 0 Å². The Morgan fingerprint density at radius 3 is 2.86 bits per heavy atom. The van der Waals surface area contributed by atoms with Crippen molar-refractivity contribution in [2.45, 2.75) is 13.5 Å². The fraction of sp³-hybridized carbons (Fsp3) is 0.133. The van der Waals surface area contributed by atoms with E-state index in [0.29, 0.717) is 11.6 Å². The predicted molar refractivity (Wildman–Crippen MR) is 91.4 cm³/mol. The minimum Gasteiger partial charge on any atom is -0.378 e. The number of pyridine rings is 1.